The topological polar surface area (TPSA) is 69.7 Å². The molecule has 0 radical (unpaired) electrons. The van der Waals surface area contributed by atoms with E-state index in [0.29, 0.717) is 0 Å². The number of fused-ring (bicyclic) bond motifs is 4. The standard InChI is InChI=1S/C36H39N2S.C35H37N2S.C7H8O3S.ClH/c1-35(2)27-15-7-9-17-29(27)37(5)32(35)22-20-25-13-11-14-26(34(25)31-19-12-24-39-31)21-23-33-36(3,4)28-16-8-10-18-30(28)38(33)6;1-34(2)26-12-7-9-14-28(26)36(5)31(34)21-19-24-17-18-25(33(24)30-16-11-23-38-30)20-22-32-35(3,4)27-13-8-10-15-29(27)37(32)6;1-6-2-4-7(5-3-6)11(8,9)10;/h7-10,12,15-24H,11,13-14H2,1-6H3;7-16,19-23H,17-18H2,1-6H3;2-5H,1H3,(H,8,9,10);1H/q2*+1;;/p-2. The monoisotopic (exact) mass is 1250 g/mol. The van der Waals surface area contributed by atoms with Crippen LogP contribution in [-0.2, 0) is 31.8 Å². The quantitative estimate of drug-likeness (QED) is 0.106. The maximum absolute atomic E-state index is 10.4. The van der Waals surface area contributed by atoms with Gasteiger partial charge in [-0.2, -0.15) is 9.15 Å². The largest absolute Gasteiger partial charge is 1.00 e. The zero-order chi connectivity index (χ0) is 62.5. The average molecular weight is 1260 g/mol. The minimum atomic E-state index is -4.27. The van der Waals surface area contributed by atoms with Gasteiger partial charge in [0, 0.05) is 92.9 Å². The summed E-state index contributed by atoms with van der Waals surface area (Å²) in [5, 5.41) is 4.40. The molecule has 0 amide bonds. The molecule has 0 unspecified atom stereocenters. The highest BCUT2D eigenvalue weighted by atomic mass is 35.5. The van der Waals surface area contributed by atoms with Crippen LogP contribution in [0.25, 0.3) is 11.1 Å². The van der Waals surface area contributed by atoms with Crippen LogP contribution in [0.1, 0.15) is 125 Å². The van der Waals surface area contributed by atoms with Crippen LogP contribution in [0.15, 0.2) is 244 Å². The molecule has 2 aliphatic carbocycles. The zero-order valence-corrected chi connectivity index (χ0v) is 57.0. The first kappa shape index (κ1) is 64.5. The van der Waals surface area contributed by atoms with Crippen LogP contribution >= 0.6 is 22.7 Å². The lowest BCUT2D eigenvalue weighted by atomic mass is 9.80. The van der Waals surface area contributed by atoms with Crippen LogP contribution in [-0.4, -0.2) is 61.7 Å². The number of benzene rings is 5. The van der Waals surface area contributed by atoms with Crippen LogP contribution in [0.3, 0.4) is 0 Å². The summed E-state index contributed by atoms with van der Waals surface area (Å²) >= 11 is 3.70. The third kappa shape index (κ3) is 12.2. The Labute approximate surface area is 544 Å². The Hall–Kier alpha value is -7.44. The summed E-state index contributed by atoms with van der Waals surface area (Å²) in [7, 11) is 4.54. The Kier molecular flexibility index (Phi) is 18.5. The summed E-state index contributed by atoms with van der Waals surface area (Å²) in [6.07, 6.45) is 24.7. The fourth-order valence-corrected chi connectivity index (χ4v) is 16.6. The number of likely N-dealkylation sites (N-methyl/N-ethyl adjacent to an activating group) is 2. The molecule has 7 aromatic rings. The normalized spacial score (nSPS) is 20.4. The number of hydrogen-bond donors (Lipinski definition) is 0. The Bertz CT molecular complexity index is 4310. The van der Waals surface area contributed by atoms with Crippen LogP contribution < -0.4 is 22.2 Å². The minimum Gasteiger partial charge on any atom is -1.00 e. The third-order valence-corrected chi connectivity index (χ3v) is 21.8. The van der Waals surface area contributed by atoms with E-state index in [4.69, 9.17) is 0 Å². The molecule has 0 spiro atoms. The number of anilines is 2. The van der Waals surface area contributed by atoms with Gasteiger partial charge in [0.15, 0.2) is 11.4 Å². The second kappa shape index (κ2) is 25.4. The van der Waals surface area contributed by atoms with Crippen LogP contribution in [0.4, 0.5) is 22.7 Å². The third-order valence-electron chi connectivity index (χ3n) is 19.2. The van der Waals surface area contributed by atoms with E-state index in [9.17, 15) is 13.0 Å². The summed E-state index contributed by atoms with van der Waals surface area (Å²) in [5.74, 6) is 0. The molecule has 0 bridgehead atoms. The second-order valence-corrected chi connectivity index (χ2v) is 29.4. The molecular formula is C78H83ClN4O3S3. The van der Waals surface area contributed by atoms with Crippen molar-refractivity contribution in [2.45, 2.75) is 121 Å². The zero-order valence-electron chi connectivity index (χ0n) is 53.8. The molecule has 0 fully saturated rings. The van der Waals surface area contributed by atoms with Crippen molar-refractivity contribution in [3.8, 4) is 0 Å². The van der Waals surface area contributed by atoms with Gasteiger partial charge in [0.05, 0.1) is 15.7 Å². The lowest BCUT2D eigenvalue weighted by Gasteiger charge is -2.25. The molecule has 0 saturated heterocycles. The molecule has 5 aromatic carbocycles. The molecule has 0 N–H and O–H groups in total. The highest BCUT2D eigenvalue weighted by molar-refractivity contribution is 7.85. The number of halogens is 1. The molecule has 4 aliphatic heterocycles. The van der Waals surface area contributed by atoms with Gasteiger partial charge < -0.3 is 26.8 Å². The van der Waals surface area contributed by atoms with E-state index in [0.717, 1.165) is 31.2 Å². The van der Waals surface area contributed by atoms with Crippen molar-refractivity contribution >= 4 is 78.1 Å². The van der Waals surface area contributed by atoms with Gasteiger partial charge >= 0.3 is 0 Å². The number of allylic oxidation sites excluding steroid dienone is 16. The van der Waals surface area contributed by atoms with E-state index in [1.807, 2.05) is 29.6 Å². The van der Waals surface area contributed by atoms with Gasteiger partial charge in [-0.15, -0.1) is 22.7 Å². The lowest BCUT2D eigenvalue weighted by Crippen LogP contribution is -3.00. The number of hydrogen-bond acceptors (Lipinski definition) is 7. The Morgan fingerprint density at radius 2 is 0.876 bits per heavy atom. The smallest absolute Gasteiger partial charge is 0.209 e. The van der Waals surface area contributed by atoms with E-state index in [2.05, 4.69) is 283 Å². The molecular weight excluding hydrogens is 1170 g/mol. The highest BCUT2D eigenvalue weighted by Crippen LogP contribution is 2.50. The Morgan fingerprint density at radius 1 is 0.472 bits per heavy atom. The number of aryl methyl sites for hydroxylation is 1. The van der Waals surface area contributed by atoms with Crippen molar-refractivity contribution in [2.75, 3.05) is 38.0 Å². The van der Waals surface area contributed by atoms with E-state index in [1.54, 1.807) is 12.1 Å². The van der Waals surface area contributed by atoms with E-state index in [1.165, 1.54) is 130 Å². The van der Waals surface area contributed by atoms with Crippen molar-refractivity contribution in [3.63, 3.8) is 0 Å². The number of thiophene rings is 2. The van der Waals surface area contributed by atoms with Gasteiger partial charge in [-0.25, -0.2) is 8.42 Å². The molecule has 458 valence electrons. The Morgan fingerprint density at radius 3 is 1.28 bits per heavy atom. The number of nitrogens with zero attached hydrogens (tertiary/aromatic N) is 4. The molecule has 6 heterocycles. The minimum absolute atomic E-state index is 0. The number of para-hydroxylation sites is 4. The van der Waals surface area contributed by atoms with Gasteiger partial charge in [-0.3, -0.25) is 0 Å². The summed E-state index contributed by atoms with van der Waals surface area (Å²) in [4.78, 5) is 7.29. The summed E-state index contributed by atoms with van der Waals surface area (Å²) < 4.78 is 35.9. The number of rotatable bonds is 9. The fourth-order valence-electron chi connectivity index (χ4n) is 14.4. The molecule has 13 rings (SSSR count). The maximum atomic E-state index is 10.4. The van der Waals surface area contributed by atoms with Gasteiger partial charge in [-0.1, -0.05) is 155 Å². The predicted octanol–water partition coefficient (Wildman–Crippen LogP) is 15.9. The predicted molar refractivity (Wildman–Crippen MR) is 372 cm³/mol. The van der Waals surface area contributed by atoms with Gasteiger partial charge in [0.1, 0.15) is 24.2 Å². The van der Waals surface area contributed by atoms with Gasteiger partial charge in [0.25, 0.3) is 0 Å². The molecule has 7 nitrogen and oxygen atoms in total. The van der Waals surface area contributed by atoms with Crippen LogP contribution in [0.5, 0.6) is 0 Å². The van der Waals surface area contributed by atoms with Crippen molar-refractivity contribution in [1.82, 2.24) is 0 Å². The Balaban J connectivity index is 0.000000166. The first-order valence-corrected chi connectivity index (χ1v) is 33.9. The second-order valence-electron chi connectivity index (χ2n) is 26.1. The van der Waals surface area contributed by atoms with Crippen LogP contribution in [0, 0.1) is 6.92 Å². The molecule has 6 aliphatic rings. The van der Waals surface area contributed by atoms with E-state index >= 15 is 0 Å². The van der Waals surface area contributed by atoms with E-state index in [-0.39, 0.29) is 39.0 Å². The highest BCUT2D eigenvalue weighted by Gasteiger charge is 2.45. The molecule has 0 atom stereocenters. The molecule has 89 heavy (non-hydrogen) atoms. The molecule has 2 aromatic heterocycles. The summed E-state index contributed by atoms with van der Waals surface area (Å²) in [6, 6.07) is 49.9. The molecule has 0 saturated carbocycles. The summed E-state index contributed by atoms with van der Waals surface area (Å²) in [5.41, 5.74) is 25.8. The maximum Gasteiger partial charge on any atom is 0.209 e. The van der Waals surface area contributed by atoms with E-state index < -0.39 is 10.1 Å². The average Bonchev–Trinajstić information content (AvgIpc) is 1.99. The molecule has 11 heteroatoms. The van der Waals surface area contributed by atoms with Crippen molar-refractivity contribution in [2.24, 2.45) is 0 Å². The van der Waals surface area contributed by atoms with Gasteiger partial charge in [0.2, 0.25) is 11.4 Å². The SMILES string of the molecule is CN1C(=CC=C2CCC(C=CC3=[N+](C)c4ccccc4C3(C)C)=C2c2cccs2)C(C)(C)c2ccccc21.CN1C(=CC=C2CCCC(C=CC3=[N+](C)c4ccccc4C3(C)C)=C2c2cccs2)C(C)(C)c2ccccc21.Cc1ccc(S(=O)(=O)[O-])cc1.[Cl-]. The van der Waals surface area contributed by atoms with Crippen LogP contribution in [0.2, 0.25) is 0 Å². The fraction of sp³-hybridized carbons (Fsp3) is 0.282. The van der Waals surface area contributed by atoms with Crippen molar-refractivity contribution < 1.29 is 34.5 Å². The lowest BCUT2D eigenvalue weighted by molar-refractivity contribution is -0.401. The van der Waals surface area contributed by atoms with Crippen molar-refractivity contribution in [1.29, 1.82) is 0 Å². The summed E-state index contributed by atoms with van der Waals surface area (Å²) in [6.45, 7) is 20.6. The first-order chi connectivity index (χ1) is 41.9. The van der Waals surface area contributed by atoms with Gasteiger partial charge in [-0.05, 0) is 171 Å². The van der Waals surface area contributed by atoms with Crippen molar-refractivity contribution in [3.05, 3.63) is 276 Å². The first-order valence-electron chi connectivity index (χ1n) is 30.8.